The summed E-state index contributed by atoms with van der Waals surface area (Å²) in [7, 11) is 4.47. The average Bonchev–Trinajstić information content (AvgIpc) is 2.87. The fraction of sp³-hybridized carbons (Fsp3) is 0.120. The number of nitro groups is 1. The van der Waals surface area contributed by atoms with Crippen molar-refractivity contribution in [1.82, 2.24) is 0 Å². The van der Waals surface area contributed by atoms with Crippen molar-refractivity contribution in [2.75, 3.05) is 37.2 Å². The van der Waals surface area contributed by atoms with E-state index in [0.717, 1.165) is 0 Å². The summed E-state index contributed by atoms with van der Waals surface area (Å²) < 4.78 is 10.5. The maximum atomic E-state index is 13.2. The van der Waals surface area contributed by atoms with Gasteiger partial charge < -0.3 is 25.4 Å². The van der Waals surface area contributed by atoms with Gasteiger partial charge in [-0.25, -0.2) is 0 Å². The molecule has 0 fully saturated rings. The molecule has 10 nitrogen and oxygen atoms in total. The SMILES string of the molecule is CNc1ccc(C=C(C(=O)Nc2ccccc2OC)C(=O)Nc2ccccc2OC)cc1[N+](=O)[O-]. The molecule has 3 aromatic carbocycles. The van der Waals surface area contributed by atoms with Gasteiger partial charge in [-0.3, -0.25) is 19.7 Å². The quantitative estimate of drug-likeness (QED) is 0.138. The third kappa shape index (κ3) is 5.93. The van der Waals surface area contributed by atoms with Crippen LogP contribution in [0, 0.1) is 10.1 Å². The number of nitrogens with one attached hydrogen (secondary N) is 3. The Balaban J connectivity index is 2.04. The van der Waals surface area contributed by atoms with Gasteiger partial charge in [-0.15, -0.1) is 0 Å². The van der Waals surface area contributed by atoms with E-state index in [1.807, 2.05) is 0 Å². The predicted molar refractivity (Wildman–Crippen MR) is 134 cm³/mol. The zero-order chi connectivity index (χ0) is 25.4. The molecule has 0 atom stereocenters. The molecule has 180 valence electrons. The number of carbonyl (C=O) groups excluding carboxylic acids is 2. The summed E-state index contributed by atoms with van der Waals surface area (Å²) in [6, 6.07) is 17.8. The number of rotatable bonds is 9. The lowest BCUT2D eigenvalue weighted by molar-refractivity contribution is -0.384. The summed E-state index contributed by atoms with van der Waals surface area (Å²) >= 11 is 0. The first-order chi connectivity index (χ1) is 16.9. The fourth-order valence-corrected chi connectivity index (χ4v) is 3.28. The van der Waals surface area contributed by atoms with E-state index < -0.39 is 16.7 Å². The first-order valence-electron chi connectivity index (χ1n) is 10.4. The minimum absolute atomic E-state index is 0.198. The summed E-state index contributed by atoms with van der Waals surface area (Å²) in [6.45, 7) is 0. The van der Waals surface area contributed by atoms with Crippen molar-refractivity contribution in [3.05, 3.63) is 88.0 Å². The number of hydrogen-bond acceptors (Lipinski definition) is 7. The van der Waals surface area contributed by atoms with Crippen molar-refractivity contribution in [2.24, 2.45) is 0 Å². The number of methoxy groups -OCH3 is 2. The lowest BCUT2D eigenvalue weighted by Crippen LogP contribution is -2.25. The highest BCUT2D eigenvalue weighted by atomic mass is 16.6. The van der Waals surface area contributed by atoms with E-state index in [-0.39, 0.29) is 16.8 Å². The number of anilines is 3. The summed E-state index contributed by atoms with van der Waals surface area (Å²) in [5.41, 5.74) is 0.811. The molecule has 0 saturated carbocycles. The first kappa shape index (κ1) is 24.8. The van der Waals surface area contributed by atoms with Crippen LogP contribution in [0.1, 0.15) is 5.56 Å². The fourth-order valence-electron chi connectivity index (χ4n) is 3.28. The lowest BCUT2D eigenvalue weighted by Gasteiger charge is -2.14. The van der Waals surface area contributed by atoms with Crippen LogP contribution in [0.2, 0.25) is 0 Å². The van der Waals surface area contributed by atoms with Crippen LogP contribution < -0.4 is 25.4 Å². The average molecular weight is 476 g/mol. The molecular weight excluding hydrogens is 452 g/mol. The van der Waals surface area contributed by atoms with Gasteiger partial charge in [0.15, 0.2) is 0 Å². The molecule has 0 aliphatic rings. The van der Waals surface area contributed by atoms with Crippen molar-refractivity contribution in [1.29, 1.82) is 0 Å². The number of amides is 2. The number of hydrogen-bond donors (Lipinski definition) is 3. The van der Waals surface area contributed by atoms with Crippen LogP contribution in [0.3, 0.4) is 0 Å². The van der Waals surface area contributed by atoms with Crippen LogP contribution >= 0.6 is 0 Å². The number of carbonyl (C=O) groups is 2. The van der Waals surface area contributed by atoms with Gasteiger partial charge in [0.2, 0.25) is 0 Å². The summed E-state index contributed by atoms with van der Waals surface area (Å²) in [4.78, 5) is 37.4. The number of ether oxygens (including phenoxy) is 2. The monoisotopic (exact) mass is 476 g/mol. The van der Waals surface area contributed by atoms with Crippen molar-refractivity contribution in [3.63, 3.8) is 0 Å². The molecule has 0 radical (unpaired) electrons. The third-order valence-electron chi connectivity index (χ3n) is 5.00. The van der Waals surface area contributed by atoms with Crippen LogP contribution in [-0.4, -0.2) is 38.0 Å². The molecule has 35 heavy (non-hydrogen) atoms. The Morgan fingerprint density at radius 1 is 0.829 bits per heavy atom. The van der Waals surface area contributed by atoms with Crippen LogP contribution in [0.5, 0.6) is 11.5 Å². The van der Waals surface area contributed by atoms with Crippen molar-refractivity contribution in [3.8, 4) is 11.5 Å². The molecule has 0 spiro atoms. The van der Waals surface area contributed by atoms with E-state index in [4.69, 9.17) is 9.47 Å². The number of nitro benzene ring substituents is 1. The van der Waals surface area contributed by atoms with E-state index in [1.54, 1.807) is 61.6 Å². The van der Waals surface area contributed by atoms with Gasteiger partial charge in [-0.2, -0.15) is 0 Å². The van der Waals surface area contributed by atoms with E-state index in [1.165, 1.54) is 32.4 Å². The van der Waals surface area contributed by atoms with Crippen LogP contribution in [0.15, 0.2) is 72.3 Å². The summed E-state index contributed by atoms with van der Waals surface area (Å²) in [6.07, 6.45) is 1.28. The molecule has 10 heteroatoms. The van der Waals surface area contributed by atoms with Gasteiger partial charge in [0.1, 0.15) is 22.8 Å². The van der Waals surface area contributed by atoms with Gasteiger partial charge in [0, 0.05) is 13.1 Å². The maximum Gasteiger partial charge on any atom is 0.292 e. The van der Waals surface area contributed by atoms with Crippen molar-refractivity contribution >= 4 is 40.6 Å². The van der Waals surface area contributed by atoms with E-state index >= 15 is 0 Å². The Morgan fingerprint density at radius 2 is 1.34 bits per heavy atom. The second-order valence-electron chi connectivity index (χ2n) is 7.15. The summed E-state index contributed by atoms with van der Waals surface area (Å²) in [5, 5.41) is 19.5. The molecule has 0 bridgehead atoms. The van der Waals surface area contributed by atoms with Crippen LogP contribution in [0.4, 0.5) is 22.7 Å². The predicted octanol–water partition coefficient (Wildman–Crippen LogP) is 4.31. The van der Waals surface area contributed by atoms with E-state index in [0.29, 0.717) is 28.6 Å². The van der Waals surface area contributed by atoms with Crippen molar-refractivity contribution < 1.29 is 24.0 Å². The van der Waals surface area contributed by atoms with Crippen molar-refractivity contribution in [2.45, 2.75) is 0 Å². The van der Waals surface area contributed by atoms with E-state index in [2.05, 4.69) is 16.0 Å². The number of para-hydroxylation sites is 4. The molecule has 0 heterocycles. The van der Waals surface area contributed by atoms with Gasteiger partial charge in [0.05, 0.1) is 30.5 Å². The van der Waals surface area contributed by atoms with Gasteiger partial charge in [-0.05, 0) is 42.0 Å². The number of nitrogens with zero attached hydrogens (tertiary/aromatic N) is 1. The Bertz CT molecular complexity index is 1220. The maximum absolute atomic E-state index is 13.2. The minimum Gasteiger partial charge on any atom is -0.495 e. The molecule has 0 aliphatic carbocycles. The standard InChI is InChI=1S/C25H24N4O6/c1-26-18-13-12-16(15-21(18)29(32)33)14-17(24(30)27-19-8-4-6-10-22(19)34-2)25(31)28-20-9-5-7-11-23(20)35-3/h4-15,26H,1-3H3,(H,27,30)(H,28,31). The molecule has 0 saturated heterocycles. The second kappa shape index (κ2) is 11.3. The van der Waals surface area contributed by atoms with E-state index in [9.17, 15) is 19.7 Å². The lowest BCUT2D eigenvalue weighted by atomic mass is 10.1. The van der Waals surface area contributed by atoms with Gasteiger partial charge >= 0.3 is 0 Å². The molecule has 0 aliphatic heterocycles. The Kier molecular flexibility index (Phi) is 8.02. The smallest absolute Gasteiger partial charge is 0.292 e. The van der Waals surface area contributed by atoms with Gasteiger partial charge in [0.25, 0.3) is 17.5 Å². The molecule has 3 N–H and O–H groups in total. The zero-order valence-corrected chi connectivity index (χ0v) is 19.3. The Morgan fingerprint density at radius 3 is 1.80 bits per heavy atom. The molecule has 0 unspecified atom stereocenters. The topological polar surface area (TPSA) is 132 Å². The summed E-state index contributed by atoms with van der Waals surface area (Å²) in [5.74, 6) is -0.664. The largest absolute Gasteiger partial charge is 0.495 e. The minimum atomic E-state index is -0.734. The van der Waals surface area contributed by atoms with Crippen LogP contribution in [-0.2, 0) is 9.59 Å². The highest BCUT2D eigenvalue weighted by Gasteiger charge is 2.22. The van der Waals surface area contributed by atoms with Gasteiger partial charge in [-0.1, -0.05) is 30.3 Å². The molecular formula is C25H24N4O6. The van der Waals surface area contributed by atoms with Crippen LogP contribution in [0.25, 0.3) is 6.08 Å². The molecule has 3 rings (SSSR count). The normalized spacial score (nSPS) is 10.0. The third-order valence-corrected chi connectivity index (χ3v) is 5.00. The Hall–Kier alpha value is -4.86. The zero-order valence-electron chi connectivity index (χ0n) is 19.3. The molecule has 3 aromatic rings. The Labute approximate surface area is 201 Å². The number of benzene rings is 3. The molecule has 2 amide bonds. The second-order valence-corrected chi connectivity index (χ2v) is 7.15. The molecule has 0 aromatic heterocycles. The first-order valence-corrected chi connectivity index (χ1v) is 10.4. The highest BCUT2D eigenvalue weighted by Crippen LogP contribution is 2.28. The highest BCUT2D eigenvalue weighted by molar-refractivity contribution is 6.29.